The van der Waals surface area contributed by atoms with E-state index in [4.69, 9.17) is 0 Å². The Morgan fingerprint density at radius 2 is 2.04 bits per heavy atom. The van der Waals surface area contributed by atoms with Gasteiger partial charge in [-0.15, -0.1) is 0 Å². The van der Waals surface area contributed by atoms with Crippen LogP contribution in [0.5, 0.6) is 0 Å². The van der Waals surface area contributed by atoms with E-state index in [1.165, 1.54) is 5.56 Å². The summed E-state index contributed by atoms with van der Waals surface area (Å²) in [4.78, 5) is 19.4. The van der Waals surface area contributed by atoms with Gasteiger partial charge in [0.05, 0.1) is 0 Å². The van der Waals surface area contributed by atoms with Crippen molar-refractivity contribution in [2.75, 3.05) is 13.1 Å². The van der Waals surface area contributed by atoms with E-state index >= 15 is 0 Å². The highest BCUT2D eigenvalue weighted by Gasteiger charge is 2.25. The molecule has 2 aromatic heterocycles. The minimum absolute atomic E-state index is 0.0883. The van der Waals surface area contributed by atoms with Gasteiger partial charge < -0.3 is 9.72 Å². The molecule has 1 amide bonds. The summed E-state index contributed by atoms with van der Waals surface area (Å²) in [6.45, 7) is 4.83. The average molecular weight is 334 g/mol. The Kier molecular flexibility index (Phi) is 4.24. The number of pyridine rings is 1. The topological polar surface area (TPSA) is 49.6 Å². The van der Waals surface area contributed by atoms with Crippen LogP contribution >= 0.6 is 0 Å². The van der Waals surface area contributed by atoms with Crippen LogP contribution in [0.15, 0.2) is 54.7 Å². The van der Waals surface area contributed by atoms with Crippen LogP contribution in [-0.2, 0) is 6.54 Å². The van der Waals surface area contributed by atoms with E-state index in [0.29, 0.717) is 5.69 Å². The summed E-state index contributed by atoms with van der Waals surface area (Å²) in [7, 11) is 0. The predicted molar refractivity (Wildman–Crippen MR) is 97.5 cm³/mol. The van der Waals surface area contributed by atoms with E-state index < -0.39 is 0 Å². The lowest BCUT2D eigenvalue weighted by Gasteiger charge is -2.16. The standard InChI is InChI=1S/C20H22N4O/c1-15-6-5-9-19-22-18(14-24(15)19)20(25)21-17-10-11-23(13-17)12-16-7-3-2-4-8-16/h2-9,14,17H,10-13H2,1H3,(H,21,25)/t17-/m1/s1. The molecule has 0 spiro atoms. The van der Waals surface area contributed by atoms with Crippen molar-refractivity contribution in [1.29, 1.82) is 0 Å². The van der Waals surface area contributed by atoms with Crippen molar-refractivity contribution < 1.29 is 4.79 Å². The third-order valence-corrected chi connectivity index (χ3v) is 4.79. The highest BCUT2D eigenvalue weighted by molar-refractivity contribution is 5.93. The van der Waals surface area contributed by atoms with Gasteiger partial charge in [-0.25, -0.2) is 4.98 Å². The van der Waals surface area contributed by atoms with Gasteiger partial charge >= 0.3 is 0 Å². The quantitative estimate of drug-likeness (QED) is 0.798. The minimum Gasteiger partial charge on any atom is -0.347 e. The number of benzene rings is 1. The fraction of sp³-hybridized carbons (Fsp3) is 0.300. The molecule has 1 saturated heterocycles. The minimum atomic E-state index is -0.0883. The molecule has 1 aliphatic rings. The molecule has 1 N–H and O–H groups in total. The largest absolute Gasteiger partial charge is 0.347 e. The number of aromatic nitrogens is 2. The van der Waals surface area contributed by atoms with Crippen LogP contribution in [0.3, 0.4) is 0 Å². The first-order chi connectivity index (χ1) is 12.2. The van der Waals surface area contributed by atoms with Gasteiger partial charge in [-0.05, 0) is 31.0 Å². The Balaban J connectivity index is 1.38. The highest BCUT2D eigenvalue weighted by Crippen LogP contribution is 2.14. The van der Waals surface area contributed by atoms with E-state index in [9.17, 15) is 4.79 Å². The van der Waals surface area contributed by atoms with Crippen molar-refractivity contribution >= 4 is 11.6 Å². The molecule has 0 bridgehead atoms. The van der Waals surface area contributed by atoms with Crippen LogP contribution in [0.4, 0.5) is 0 Å². The molecular weight excluding hydrogens is 312 g/mol. The fourth-order valence-corrected chi connectivity index (χ4v) is 3.45. The first kappa shape index (κ1) is 15.8. The number of amides is 1. The molecule has 1 atom stereocenters. The maximum Gasteiger partial charge on any atom is 0.271 e. The van der Waals surface area contributed by atoms with E-state index in [2.05, 4.69) is 39.5 Å². The zero-order valence-corrected chi connectivity index (χ0v) is 14.4. The zero-order valence-electron chi connectivity index (χ0n) is 14.4. The maximum atomic E-state index is 12.5. The summed E-state index contributed by atoms with van der Waals surface area (Å²) < 4.78 is 1.95. The summed E-state index contributed by atoms with van der Waals surface area (Å²) in [6.07, 6.45) is 2.79. The first-order valence-corrected chi connectivity index (χ1v) is 8.71. The molecule has 0 radical (unpaired) electrons. The SMILES string of the molecule is Cc1cccc2nc(C(=O)N[C@@H]3CCN(Cc4ccccc4)C3)cn12. The van der Waals surface area contributed by atoms with Crippen molar-refractivity contribution in [1.82, 2.24) is 19.6 Å². The monoisotopic (exact) mass is 334 g/mol. The van der Waals surface area contributed by atoms with Gasteiger partial charge in [0.1, 0.15) is 11.3 Å². The molecule has 1 aromatic carbocycles. The number of likely N-dealkylation sites (tertiary alicyclic amines) is 1. The second-order valence-corrected chi connectivity index (χ2v) is 6.70. The molecule has 1 fully saturated rings. The lowest BCUT2D eigenvalue weighted by atomic mass is 10.2. The van der Waals surface area contributed by atoms with Crippen LogP contribution in [0.1, 0.15) is 28.2 Å². The average Bonchev–Trinajstić information content (AvgIpc) is 3.23. The molecule has 3 heterocycles. The third-order valence-electron chi connectivity index (χ3n) is 4.79. The fourth-order valence-electron chi connectivity index (χ4n) is 3.45. The number of hydrogen-bond donors (Lipinski definition) is 1. The van der Waals surface area contributed by atoms with Crippen LogP contribution in [-0.4, -0.2) is 39.3 Å². The molecule has 1 aliphatic heterocycles. The number of carbonyl (C=O) groups is 1. The van der Waals surface area contributed by atoms with Crippen molar-refractivity contribution in [3.63, 3.8) is 0 Å². The van der Waals surface area contributed by atoms with E-state index in [1.807, 2.05) is 41.8 Å². The van der Waals surface area contributed by atoms with Gasteiger partial charge in [-0.2, -0.15) is 0 Å². The lowest BCUT2D eigenvalue weighted by molar-refractivity contribution is 0.0933. The van der Waals surface area contributed by atoms with Crippen LogP contribution in [0.2, 0.25) is 0 Å². The molecule has 0 aliphatic carbocycles. The molecular formula is C20H22N4O. The van der Waals surface area contributed by atoms with Gasteiger partial charge in [0.25, 0.3) is 5.91 Å². The van der Waals surface area contributed by atoms with Gasteiger partial charge in [-0.3, -0.25) is 9.69 Å². The van der Waals surface area contributed by atoms with Crippen LogP contribution in [0.25, 0.3) is 5.65 Å². The van der Waals surface area contributed by atoms with Crippen LogP contribution in [0, 0.1) is 6.92 Å². The second-order valence-electron chi connectivity index (χ2n) is 6.70. The van der Waals surface area contributed by atoms with Gasteiger partial charge in [0.15, 0.2) is 0 Å². The molecule has 0 unspecified atom stereocenters. The van der Waals surface area contributed by atoms with Crippen LogP contribution < -0.4 is 5.32 Å². The van der Waals surface area contributed by atoms with E-state index in [1.54, 1.807) is 0 Å². The maximum absolute atomic E-state index is 12.5. The highest BCUT2D eigenvalue weighted by atomic mass is 16.2. The number of nitrogens with one attached hydrogen (secondary N) is 1. The Morgan fingerprint density at radius 1 is 1.20 bits per heavy atom. The van der Waals surface area contributed by atoms with E-state index in [-0.39, 0.29) is 11.9 Å². The number of rotatable bonds is 4. The smallest absolute Gasteiger partial charge is 0.271 e. The molecule has 0 saturated carbocycles. The Bertz CT molecular complexity index is 887. The Labute approximate surface area is 147 Å². The molecule has 25 heavy (non-hydrogen) atoms. The number of fused-ring (bicyclic) bond motifs is 1. The Morgan fingerprint density at radius 3 is 2.84 bits per heavy atom. The molecule has 5 heteroatoms. The number of carbonyl (C=O) groups excluding carboxylic acids is 1. The van der Waals surface area contributed by atoms with Crippen molar-refractivity contribution in [3.05, 3.63) is 71.7 Å². The van der Waals surface area contributed by atoms with Gasteiger partial charge in [-0.1, -0.05) is 36.4 Å². The third kappa shape index (κ3) is 3.42. The number of imidazole rings is 1. The van der Waals surface area contributed by atoms with Gasteiger partial charge in [0, 0.05) is 37.6 Å². The van der Waals surface area contributed by atoms with Crippen molar-refractivity contribution in [2.24, 2.45) is 0 Å². The number of hydrogen-bond acceptors (Lipinski definition) is 3. The van der Waals surface area contributed by atoms with Crippen molar-refractivity contribution in [3.8, 4) is 0 Å². The molecule has 4 rings (SSSR count). The zero-order chi connectivity index (χ0) is 17.2. The van der Waals surface area contributed by atoms with Crippen molar-refractivity contribution in [2.45, 2.75) is 25.9 Å². The van der Waals surface area contributed by atoms with Gasteiger partial charge in [0.2, 0.25) is 0 Å². The summed E-state index contributed by atoms with van der Waals surface area (Å²) in [5.74, 6) is -0.0883. The molecule has 3 aromatic rings. The lowest BCUT2D eigenvalue weighted by Crippen LogP contribution is -2.37. The summed E-state index contributed by atoms with van der Waals surface area (Å²) in [5, 5.41) is 3.13. The second kappa shape index (κ2) is 6.69. The molecule has 128 valence electrons. The summed E-state index contributed by atoms with van der Waals surface area (Å²) in [5.41, 5.74) is 3.67. The normalized spacial score (nSPS) is 17.9. The first-order valence-electron chi connectivity index (χ1n) is 8.71. The Hall–Kier alpha value is -2.66. The van der Waals surface area contributed by atoms with E-state index in [0.717, 1.165) is 37.4 Å². The summed E-state index contributed by atoms with van der Waals surface area (Å²) >= 11 is 0. The number of aryl methyl sites for hydroxylation is 1. The molecule has 5 nitrogen and oxygen atoms in total. The summed E-state index contributed by atoms with van der Waals surface area (Å²) in [6, 6.07) is 16.5. The number of nitrogens with zero attached hydrogens (tertiary/aromatic N) is 3. The predicted octanol–water partition coefficient (Wildman–Crippen LogP) is 2.65.